The molecule has 4 heterocycles. The number of nitrogens with zero attached hydrogens (tertiary/aromatic N) is 3. The molecule has 4 aromatic rings. The highest BCUT2D eigenvalue weighted by atomic mass is 32.1. The van der Waals surface area contributed by atoms with Crippen LogP contribution in [0.2, 0.25) is 0 Å². The maximum atomic E-state index is 12.6. The Hall–Kier alpha value is -3.25. The Balaban J connectivity index is 1.42. The fourth-order valence-corrected chi connectivity index (χ4v) is 4.75. The third kappa shape index (κ3) is 3.55. The molecule has 1 aromatic carbocycles. The molecule has 1 N–H and O–H groups in total. The number of hydrogen-bond donors (Lipinski definition) is 1. The monoisotopic (exact) mass is 414 g/mol. The molecule has 5 rings (SSSR count). The average molecular weight is 415 g/mol. The van der Waals surface area contributed by atoms with Crippen LogP contribution >= 0.6 is 11.3 Å². The normalized spacial score (nSPS) is 14.0. The maximum Gasteiger partial charge on any atom is 0.178 e. The third-order valence-corrected chi connectivity index (χ3v) is 6.45. The lowest BCUT2D eigenvalue weighted by molar-refractivity contribution is 0.0996. The molecule has 0 amide bonds. The molecule has 150 valence electrons. The molecule has 0 unspecified atom stereocenters. The van der Waals surface area contributed by atoms with E-state index in [2.05, 4.69) is 63.3 Å². The van der Waals surface area contributed by atoms with E-state index in [0.717, 1.165) is 46.8 Å². The zero-order valence-corrected chi connectivity index (χ0v) is 17.6. The van der Waals surface area contributed by atoms with E-state index in [1.54, 1.807) is 0 Å². The van der Waals surface area contributed by atoms with E-state index in [-0.39, 0.29) is 5.78 Å². The minimum absolute atomic E-state index is 0.114. The summed E-state index contributed by atoms with van der Waals surface area (Å²) in [4.78, 5) is 17.9. The van der Waals surface area contributed by atoms with Crippen LogP contribution < -0.4 is 0 Å². The van der Waals surface area contributed by atoms with Crippen molar-refractivity contribution in [2.75, 3.05) is 0 Å². The first-order valence-corrected chi connectivity index (χ1v) is 11.0. The summed E-state index contributed by atoms with van der Waals surface area (Å²) in [5.74, 6) is 0.114. The third-order valence-electron chi connectivity index (χ3n) is 5.54. The number of aryl methyl sites for hydroxylation is 1. The van der Waals surface area contributed by atoms with E-state index in [9.17, 15) is 4.79 Å². The number of aromatic amines is 1. The quantitative estimate of drug-likeness (QED) is 0.429. The van der Waals surface area contributed by atoms with Gasteiger partial charge >= 0.3 is 0 Å². The minimum atomic E-state index is 0.114. The molecular formula is C24H22N4OS. The SMILES string of the molecule is Cn1cc(Cc2cc(C3=C(CC(=O)c4cccs4)N=CCC3)n[nH]2)c2ccccc21. The molecule has 0 saturated carbocycles. The Morgan fingerprint density at radius 1 is 1.23 bits per heavy atom. The van der Waals surface area contributed by atoms with Gasteiger partial charge in [-0.1, -0.05) is 24.3 Å². The predicted molar refractivity (Wildman–Crippen MR) is 122 cm³/mol. The van der Waals surface area contributed by atoms with Gasteiger partial charge in [-0.3, -0.25) is 14.9 Å². The molecule has 6 heteroatoms. The summed E-state index contributed by atoms with van der Waals surface area (Å²) in [5, 5.41) is 11.0. The van der Waals surface area contributed by atoms with E-state index in [1.165, 1.54) is 27.8 Å². The summed E-state index contributed by atoms with van der Waals surface area (Å²) in [6.45, 7) is 0. The Labute approximate surface area is 178 Å². The van der Waals surface area contributed by atoms with Gasteiger partial charge in [0.15, 0.2) is 5.78 Å². The standard InChI is InChI=1S/C24H22N4OS/c1-28-15-16(18-6-2-3-8-22(18)28)12-17-13-21(27-26-17)19-7-4-10-25-20(19)14-23(29)24-9-5-11-30-24/h2-3,5-6,8-11,13,15H,4,7,12,14H2,1H3,(H,26,27). The van der Waals surface area contributed by atoms with Gasteiger partial charge in [-0.15, -0.1) is 11.3 Å². The van der Waals surface area contributed by atoms with Gasteiger partial charge in [-0.25, -0.2) is 0 Å². The summed E-state index contributed by atoms with van der Waals surface area (Å²) >= 11 is 1.48. The molecule has 0 spiro atoms. The van der Waals surface area contributed by atoms with E-state index >= 15 is 0 Å². The van der Waals surface area contributed by atoms with Crippen LogP contribution in [0, 0.1) is 0 Å². The van der Waals surface area contributed by atoms with Crippen molar-refractivity contribution in [3.05, 3.63) is 81.6 Å². The number of nitrogens with one attached hydrogen (secondary N) is 1. The van der Waals surface area contributed by atoms with Crippen LogP contribution in [-0.2, 0) is 13.5 Å². The van der Waals surface area contributed by atoms with Crippen molar-refractivity contribution in [2.45, 2.75) is 25.7 Å². The van der Waals surface area contributed by atoms with Crippen LogP contribution in [0.15, 0.2) is 64.7 Å². The van der Waals surface area contributed by atoms with E-state index in [0.29, 0.717) is 6.42 Å². The van der Waals surface area contributed by atoms with Gasteiger partial charge < -0.3 is 4.57 Å². The van der Waals surface area contributed by atoms with Gasteiger partial charge in [-0.2, -0.15) is 5.10 Å². The number of thiophene rings is 1. The number of fused-ring (bicyclic) bond motifs is 1. The molecule has 0 aliphatic carbocycles. The summed E-state index contributed by atoms with van der Waals surface area (Å²) in [6, 6.07) is 14.3. The number of allylic oxidation sites excluding steroid dienone is 2. The zero-order chi connectivity index (χ0) is 20.5. The van der Waals surface area contributed by atoms with Crippen molar-refractivity contribution < 1.29 is 4.79 Å². The van der Waals surface area contributed by atoms with E-state index in [4.69, 9.17) is 0 Å². The second-order valence-corrected chi connectivity index (χ2v) is 8.54. The van der Waals surface area contributed by atoms with Crippen molar-refractivity contribution in [3.63, 3.8) is 0 Å². The molecule has 0 atom stereocenters. The van der Waals surface area contributed by atoms with Gasteiger partial charge in [-0.05, 0) is 42.0 Å². The lowest BCUT2D eigenvalue weighted by atomic mass is 9.98. The van der Waals surface area contributed by atoms with Crippen molar-refractivity contribution in [1.29, 1.82) is 0 Å². The van der Waals surface area contributed by atoms with Crippen molar-refractivity contribution in [2.24, 2.45) is 12.0 Å². The van der Waals surface area contributed by atoms with Crippen molar-refractivity contribution >= 4 is 39.8 Å². The molecular weight excluding hydrogens is 392 g/mol. The number of H-pyrrole nitrogens is 1. The largest absolute Gasteiger partial charge is 0.350 e. The molecule has 30 heavy (non-hydrogen) atoms. The molecule has 1 aliphatic rings. The van der Waals surface area contributed by atoms with E-state index < -0.39 is 0 Å². The number of aliphatic imine (C=N–C) groups is 1. The topological polar surface area (TPSA) is 63.0 Å². The van der Waals surface area contributed by atoms with Gasteiger partial charge in [0.25, 0.3) is 0 Å². The highest BCUT2D eigenvalue weighted by molar-refractivity contribution is 7.12. The Morgan fingerprint density at radius 3 is 3.00 bits per heavy atom. The molecule has 0 radical (unpaired) electrons. The van der Waals surface area contributed by atoms with Crippen molar-refractivity contribution in [1.82, 2.24) is 14.8 Å². The summed E-state index contributed by atoms with van der Waals surface area (Å²) < 4.78 is 2.16. The minimum Gasteiger partial charge on any atom is -0.350 e. The molecule has 0 saturated heterocycles. The van der Waals surface area contributed by atoms with Crippen LogP contribution in [0.25, 0.3) is 16.5 Å². The summed E-state index contributed by atoms with van der Waals surface area (Å²) in [7, 11) is 2.08. The number of benzene rings is 1. The smallest absolute Gasteiger partial charge is 0.178 e. The fourth-order valence-electron chi connectivity index (χ4n) is 4.09. The van der Waals surface area contributed by atoms with Crippen LogP contribution in [0.5, 0.6) is 0 Å². The first kappa shape index (κ1) is 18.8. The lowest BCUT2D eigenvalue weighted by Crippen LogP contribution is -2.04. The van der Waals surface area contributed by atoms with Crippen molar-refractivity contribution in [3.8, 4) is 0 Å². The van der Waals surface area contributed by atoms with Crippen LogP contribution in [-0.4, -0.2) is 26.8 Å². The number of rotatable bonds is 6. The van der Waals surface area contributed by atoms with Gasteiger partial charge in [0.1, 0.15) is 0 Å². The molecule has 0 fully saturated rings. The summed E-state index contributed by atoms with van der Waals surface area (Å²) in [6.07, 6.45) is 6.92. The van der Waals surface area contributed by atoms with Gasteiger partial charge in [0.05, 0.1) is 22.7 Å². The zero-order valence-electron chi connectivity index (χ0n) is 16.8. The Morgan fingerprint density at radius 2 is 2.13 bits per heavy atom. The number of para-hydroxylation sites is 1. The number of carbonyl (C=O) groups is 1. The second kappa shape index (κ2) is 7.88. The molecule has 3 aromatic heterocycles. The Bertz CT molecular complexity index is 1270. The number of ketones is 1. The van der Waals surface area contributed by atoms with E-state index in [1.807, 2.05) is 23.7 Å². The molecule has 0 bridgehead atoms. The van der Waals surface area contributed by atoms with Crippen LogP contribution in [0.4, 0.5) is 0 Å². The number of carbonyl (C=O) groups excluding carboxylic acids is 1. The maximum absolute atomic E-state index is 12.6. The average Bonchev–Trinajstić information content (AvgIpc) is 3.51. The van der Waals surface area contributed by atoms with Crippen LogP contribution in [0.3, 0.4) is 0 Å². The lowest BCUT2D eigenvalue weighted by Gasteiger charge is -2.12. The second-order valence-electron chi connectivity index (χ2n) is 7.59. The highest BCUT2D eigenvalue weighted by Crippen LogP contribution is 2.30. The van der Waals surface area contributed by atoms with Gasteiger partial charge in [0, 0.05) is 48.0 Å². The molecule has 5 nitrogen and oxygen atoms in total. The molecule has 1 aliphatic heterocycles. The van der Waals surface area contributed by atoms with Crippen LogP contribution in [0.1, 0.15) is 45.9 Å². The number of aromatic nitrogens is 3. The fraction of sp³-hybridized carbons (Fsp3) is 0.208. The summed E-state index contributed by atoms with van der Waals surface area (Å²) in [5.41, 5.74) is 6.37. The first-order chi connectivity index (χ1) is 14.7. The Kier molecular flexibility index (Phi) is 4.93. The number of hydrogen-bond acceptors (Lipinski definition) is 4. The number of Topliss-reactive ketones (excluding diaryl/α,β-unsaturated/α-hetero) is 1. The highest BCUT2D eigenvalue weighted by Gasteiger charge is 2.19. The first-order valence-electron chi connectivity index (χ1n) is 10.1. The van der Waals surface area contributed by atoms with Gasteiger partial charge in [0.2, 0.25) is 0 Å². The predicted octanol–water partition coefficient (Wildman–Crippen LogP) is 5.40.